The zero-order chi connectivity index (χ0) is 28.5. The topological polar surface area (TPSA) is 143 Å². The van der Waals surface area contributed by atoms with Crippen molar-refractivity contribution in [2.24, 2.45) is 11.7 Å². The lowest BCUT2D eigenvalue weighted by atomic mass is 9.64. The van der Waals surface area contributed by atoms with Gasteiger partial charge in [-0.15, -0.1) is 0 Å². The highest BCUT2D eigenvalue weighted by molar-refractivity contribution is 7.92. The van der Waals surface area contributed by atoms with Crippen LogP contribution in [0.2, 0.25) is 5.02 Å². The summed E-state index contributed by atoms with van der Waals surface area (Å²) in [6, 6.07) is 10.7. The Morgan fingerprint density at radius 1 is 1.23 bits per heavy atom. The predicted molar refractivity (Wildman–Crippen MR) is 157 cm³/mol. The quantitative estimate of drug-likeness (QED) is 0.182. The molecule has 4 rings (SSSR count). The Kier molecular flexibility index (Phi) is 8.09. The Labute approximate surface area is 235 Å². The van der Waals surface area contributed by atoms with Gasteiger partial charge in [-0.3, -0.25) is 5.41 Å². The van der Waals surface area contributed by atoms with Gasteiger partial charge in [0.2, 0.25) is 5.95 Å². The molecule has 0 aliphatic heterocycles. The summed E-state index contributed by atoms with van der Waals surface area (Å²) in [4.78, 5) is 9.04. The van der Waals surface area contributed by atoms with Crippen LogP contribution in [0.4, 0.5) is 23.1 Å². The van der Waals surface area contributed by atoms with Gasteiger partial charge in [-0.1, -0.05) is 37.6 Å². The Hall–Kier alpha value is -3.37. The normalized spacial score (nSPS) is 16.4. The van der Waals surface area contributed by atoms with Crippen molar-refractivity contribution in [3.8, 4) is 5.75 Å². The minimum atomic E-state index is -3.54. The molecule has 0 radical (unpaired) electrons. The SMILES string of the molecule is COc1cc2c(cc1Nc1ncc(Cl)c(Nc3ccccc3S(=O)(=O)C(C)C)n1)CCC(CC(=N)N)C2(C)C. The molecule has 0 amide bonds. The first-order valence-corrected chi connectivity index (χ1v) is 14.7. The van der Waals surface area contributed by atoms with E-state index in [2.05, 4.69) is 40.5 Å². The molecule has 1 unspecified atom stereocenters. The minimum Gasteiger partial charge on any atom is -0.495 e. The maximum absolute atomic E-state index is 12.9. The van der Waals surface area contributed by atoms with Crippen LogP contribution in [0.5, 0.6) is 5.75 Å². The van der Waals surface area contributed by atoms with E-state index in [4.69, 9.17) is 27.5 Å². The van der Waals surface area contributed by atoms with Gasteiger partial charge in [-0.2, -0.15) is 4.98 Å². The molecular weight excluding hydrogens is 536 g/mol. The van der Waals surface area contributed by atoms with Crippen LogP contribution >= 0.6 is 11.6 Å². The lowest BCUT2D eigenvalue weighted by molar-refractivity contribution is 0.284. The van der Waals surface area contributed by atoms with Crippen molar-refractivity contribution >= 4 is 50.4 Å². The van der Waals surface area contributed by atoms with Gasteiger partial charge >= 0.3 is 0 Å². The number of nitrogens with two attached hydrogens (primary N) is 1. The molecule has 0 saturated heterocycles. The number of aromatic nitrogens is 2. The van der Waals surface area contributed by atoms with Gasteiger partial charge in [0.1, 0.15) is 10.8 Å². The number of benzene rings is 2. The van der Waals surface area contributed by atoms with Gasteiger partial charge in [-0.05, 0) is 73.4 Å². The van der Waals surface area contributed by atoms with Crippen LogP contribution in [-0.4, -0.2) is 36.6 Å². The smallest absolute Gasteiger partial charge is 0.229 e. The first kappa shape index (κ1) is 28.6. The fraction of sp³-hybridized carbons (Fsp3) is 0.393. The summed E-state index contributed by atoms with van der Waals surface area (Å²) in [7, 11) is -1.93. The maximum atomic E-state index is 12.9. The van der Waals surface area contributed by atoms with Crippen molar-refractivity contribution in [1.29, 1.82) is 5.41 Å². The van der Waals surface area contributed by atoms with E-state index in [9.17, 15) is 8.42 Å². The number of amidine groups is 1. The molecule has 0 fully saturated rings. The van der Waals surface area contributed by atoms with Gasteiger partial charge < -0.3 is 21.1 Å². The van der Waals surface area contributed by atoms with Crippen molar-refractivity contribution in [3.05, 3.63) is 58.7 Å². The molecule has 0 saturated carbocycles. The number of rotatable bonds is 9. The average Bonchev–Trinajstić information content (AvgIpc) is 2.87. The molecule has 1 aliphatic rings. The number of anilines is 4. The summed E-state index contributed by atoms with van der Waals surface area (Å²) in [5, 5.41) is 13.8. The zero-order valence-corrected chi connectivity index (χ0v) is 24.4. The van der Waals surface area contributed by atoms with Gasteiger partial charge in [-0.25, -0.2) is 13.4 Å². The van der Waals surface area contributed by atoms with E-state index in [0.29, 0.717) is 23.5 Å². The number of hydrogen-bond acceptors (Lipinski definition) is 8. The van der Waals surface area contributed by atoms with Crippen molar-refractivity contribution in [1.82, 2.24) is 9.97 Å². The van der Waals surface area contributed by atoms with Crippen LogP contribution in [0.3, 0.4) is 0 Å². The lowest BCUT2D eigenvalue weighted by Crippen LogP contribution is -2.36. The molecule has 0 bridgehead atoms. The van der Waals surface area contributed by atoms with Crippen molar-refractivity contribution in [3.63, 3.8) is 0 Å². The Morgan fingerprint density at radius 3 is 2.62 bits per heavy atom. The highest BCUT2D eigenvalue weighted by Gasteiger charge is 2.37. The third kappa shape index (κ3) is 5.81. The second kappa shape index (κ2) is 11.0. The number of para-hydroxylation sites is 1. The Bertz CT molecular complexity index is 1510. The highest BCUT2D eigenvalue weighted by atomic mass is 35.5. The number of methoxy groups -OCH3 is 1. The van der Waals surface area contributed by atoms with Gasteiger partial charge in [0.25, 0.3) is 0 Å². The maximum Gasteiger partial charge on any atom is 0.229 e. The standard InChI is InChI=1S/C28H35ClN6O3S/c1-16(2)39(36,37)24-9-7-6-8-21(24)33-26-20(29)15-32-27(35-26)34-22-12-17-10-11-18(13-25(30)31)28(3,4)19(17)14-23(22)38-5/h6-9,12,14-16,18H,10-11,13H2,1-5H3,(H3,30,31)(H2,32,33,34,35). The van der Waals surface area contributed by atoms with Crippen molar-refractivity contribution in [2.75, 3.05) is 17.7 Å². The van der Waals surface area contributed by atoms with Crippen molar-refractivity contribution < 1.29 is 13.2 Å². The van der Waals surface area contributed by atoms with Crippen LogP contribution in [-0.2, 0) is 21.7 Å². The van der Waals surface area contributed by atoms with Gasteiger partial charge in [0.15, 0.2) is 15.7 Å². The second-order valence-electron chi connectivity index (χ2n) is 10.6. The lowest BCUT2D eigenvalue weighted by Gasteiger charge is -2.41. The molecule has 9 nitrogen and oxygen atoms in total. The summed E-state index contributed by atoms with van der Waals surface area (Å²) < 4.78 is 31.5. The van der Waals surface area contributed by atoms with Crippen LogP contribution in [0.15, 0.2) is 47.5 Å². The summed E-state index contributed by atoms with van der Waals surface area (Å²) in [5.41, 5.74) is 8.99. The summed E-state index contributed by atoms with van der Waals surface area (Å²) in [5.74, 6) is 1.64. The average molecular weight is 571 g/mol. The molecule has 5 N–H and O–H groups in total. The van der Waals surface area contributed by atoms with E-state index in [-0.39, 0.29) is 38.9 Å². The number of hydrogen-bond donors (Lipinski definition) is 4. The van der Waals surface area contributed by atoms with Crippen molar-refractivity contribution in [2.45, 2.75) is 62.5 Å². The van der Waals surface area contributed by atoms with E-state index < -0.39 is 15.1 Å². The molecule has 11 heteroatoms. The van der Waals surface area contributed by atoms with Crippen LogP contribution in [0, 0.1) is 11.3 Å². The molecule has 1 aliphatic carbocycles. The van der Waals surface area contributed by atoms with E-state index in [1.54, 1.807) is 45.2 Å². The number of sulfone groups is 1. The number of nitrogens with one attached hydrogen (secondary N) is 3. The number of aryl methyl sites for hydroxylation is 1. The molecule has 2 aromatic carbocycles. The molecule has 1 aromatic heterocycles. The second-order valence-corrected chi connectivity index (χ2v) is 13.5. The van der Waals surface area contributed by atoms with Crippen LogP contribution in [0.25, 0.3) is 0 Å². The molecule has 39 heavy (non-hydrogen) atoms. The zero-order valence-electron chi connectivity index (χ0n) is 22.8. The van der Waals surface area contributed by atoms with E-state index in [0.717, 1.165) is 12.8 Å². The fourth-order valence-electron chi connectivity index (χ4n) is 5.07. The number of ether oxygens (including phenoxy) is 1. The number of nitrogens with zero attached hydrogens (tertiary/aromatic N) is 2. The number of halogens is 1. The molecule has 208 valence electrons. The largest absolute Gasteiger partial charge is 0.495 e. The highest BCUT2D eigenvalue weighted by Crippen LogP contribution is 2.46. The summed E-state index contributed by atoms with van der Waals surface area (Å²) >= 11 is 6.40. The van der Waals surface area contributed by atoms with E-state index >= 15 is 0 Å². The van der Waals surface area contributed by atoms with Gasteiger partial charge in [0.05, 0.1) is 40.7 Å². The summed E-state index contributed by atoms with van der Waals surface area (Å²) in [6.07, 6.45) is 3.80. The minimum absolute atomic E-state index is 0.172. The molecular formula is C28H35ClN6O3S. The molecule has 3 aromatic rings. The van der Waals surface area contributed by atoms with Crippen LogP contribution in [0.1, 0.15) is 51.7 Å². The molecule has 1 atom stereocenters. The predicted octanol–water partition coefficient (Wildman–Crippen LogP) is 5.97. The molecule has 0 spiro atoms. The molecule has 1 heterocycles. The third-order valence-corrected chi connectivity index (χ3v) is 9.91. The Morgan fingerprint density at radius 2 is 1.95 bits per heavy atom. The van der Waals surface area contributed by atoms with E-state index in [1.165, 1.54) is 17.3 Å². The monoisotopic (exact) mass is 570 g/mol. The first-order valence-electron chi connectivity index (χ1n) is 12.8. The van der Waals surface area contributed by atoms with E-state index in [1.807, 2.05) is 6.07 Å². The Balaban J connectivity index is 1.66. The summed E-state index contributed by atoms with van der Waals surface area (Å²) in [6.45, 7) is 7.65. The third-order valence-electron chi connectivity index (χ3n) is 7.43. The first-order chi connectivity index (χ1) is 18.3. The fourth-order valence-corrected chi connectivity index (χ4v) is 6.41. The van der Waals surface area contributed by atoms with Crippen LogP contribution < -0.4 is 21.1 Å². The van der Waals surface area contributed by atoms with Gasteiger partial charge in [0, 0.05) is 6.42 Å². The number of fused-ring (bicyclic) bond motifs is 1.